The summed E-state index contributed by atoms with van der Waals surface area (Å²) in [6.07, 6.45) is 0. The Morgan fingerprint density at radius 2 is 2.05 bits per heavy atom. The van der Waals surface area contributed by atoms with Crippen molar-refractivity contribution < 1.29 is 19.6 Å². The molecule has 0 aliphatic carbocycles. The molecule has 8 nitrogen and oxygen atoms in total. The lowest BCUT2D eigenvalue weighted by molar-refractivity contribution is -0.385. The number of urea groups is 1. The Kier molecular flexibility index (Phi) is 4.81. The van der Waals surface area contributed by atoms with Gasteiger partial charge < -0.3 is 15.7 Å². The number of aliphatic carboxylic acids is 1. The number of amides is 2. The Labute approximate surface area is 108 Å². The molecule has 1 atom stereocenters. The Bertz CT molecular complexity index is 503. The van der Waals surface area contributed by atoms with Gasteiger partial charge in [0.1, 0.15) is 6.04 Å². The Hall–Kier alpha value is -2.64. The van der Waals surface area contributed by atoms with Gasteiger partial charge in [-0.05, 0) is 6.92 Å². The molecule has 102 valence electrons. The molecule has 1 rings (SSSR count). The van der Waals surface area contributed by atoms with E-state index in [2.05, 4.69) is 10.6 Å². The molecular weight excluding hydrogens is 254 g/mol. The van der Waals surface area contributed by atoms with Crippen LogP contribution in [0.25, 0.3) is 0 Å². The van der Waals surface area contributed by atoms with Crippen molar-refractivity contribution in [2.75, 3.05) is 0 Å². The Morgan fingerprint density at radius 1 is 1.42 bits per heavy atom. The largest absolute Gasteiger partial charge is 0.480 e. The van der Waals surface area contributed by atoms with Gasteiger partial charge in [0, 0.05) is 11.6 Å². The second kappa shape index (κ2) is 6.34. The first kappa shape index (κ1) is 14.4. The number of benzene rings is 1. The van der Waals surface area contributed by atoms with Crippen LogP contribution >= 0.6 is 0 Å². The molecule has 0 aromatic heterocycles. The zero-order valence-corrected chi connectivity index (χ0v) is 10.1. The number of nitro groups is 1. The molecule has 0 aliphatic rings. The van der Waals surface area contributed by atoms with Crippen LogP contribution in [0.4, 0.5) is 10.5 Å². The number of carbonyl (C=O) groups is 2. The highest BCUT2D eigenvalue weighted by atomic mass is 16.6. The number of nitrogens with one attached hydrogen (secondary N) is 2. The van der Waals surface area contributed by atoms with E-state index in [1.165, 1.54) is 25.1 Å². The van der Waals surface area contributed by atoms with Crippen molar-refractivity contribution in [2.24, 2.45) is 0 Å². The summed E-state index contributed by atoms with van der Waals surface area (Å²) in [5, 5.41) is 23.9. The lowest BCUT2D eigenvalue weighted by Crippen LogP contribution is -2.44. The summed E-state index contributed by atoms with van der Waals surface area (Å²) in [6, 6.07) is 4.24. The summed E-state index contributed by atoms with van der Waals surface area (Å²) < 4.78 is 0. The van der Waals surface area contributed by atoms with Crippen LogP contribution in [0.2, 0.25) is 0 Å². The fourth-order valence-corrected chi connectivity index (χ4v) is 1.32. The number of carbonyl (C=O) groups excluding carboxylic acids is 1. The second-order valence-corrected chi connectivity index (χ2v) is 3.77. The second-order valence-electron chi connectivity index (χ2n) is 3.77. The molecule has 3 N–H and O–H groups in total. The lowest BCUT2D eigenvalue weighted by Gasteiger charge is -2.10. The van der Waals surface area contributed by atoms with Crippen molar-refractivity contribution >= 4 is 17.7 Å². The molecule has 2 amide bonds. The molecule has 1 aromatic rings. The molecule has 0 fully saturated rings. The van der Waals surface area contributed by atoms with Crippen LogP contribution in [-0.4, -0.2) is 28.1 Å². The van der Waals surface area contributed by atoms with Gasteiger partial charge in [-0.25, -0.2) is 4.79 Å². The number of carboxylic acids is 1. The summed E-state index contributed by atoms with van der Waals surface area (Å²) in [5.41, 5.74) is 0.236. The van der Waals surface area contributed by atoms with E-state index >= 15 is 0 Å². The molecule has 0 radical (unpaired) electrons. The fraction of sp³-hybridized carbons (Fsp3) is 0.273. The number of para-hydroxylation sites is 1. The molecule has 0 saturated carbocycles. The molecular formula is C11H13N3O5. The van der Waals surface area contributed by atoms with Crippen LogP contribution in [0.5, 0.6) is 0 Å². The summed E-state index contributed by atoms with van der Waals surface area (Å²) in [5.74, 6) is -1.17. The first-order chi connectivity index (χ1) is 8.91. The van der Waals surface area contributed by atoms with E-state index in [0.29, 0.717) is 5.56 Å². The van der Waals surface area contributed by atoms with Gasteiger partial charge in [0.25, 0.3) is 5.69 Å². The average Bonchev–Trinajstić information content (AvgIpc) is 2.36. The zero-order valence-electron chi connectivity index (χ0n) is 10.1. The number of carboxylic acid groups (broad SMARTS) is 1. The normalized spacial score (nSPS) is 11.4. The van der Waals surface area contributed by atoms with Crippen molar-refractivity contribution in [2.45, 2.75) is 19.5 Å². The summed E-state index contributed by atoms with van der Waals surface area (Å²) in [4.78, 5) is 32.1. The van der Waals surface area contributed by atoms with Crippen LogP contribution in [0.1, 0.15) is 12.5 Å². The molecule has 0 aliphatic heterocycles. The first-order valence-electron chi connectivity index (χ1n) is 5.41. The van der Waals surface area contributed by atoms with Crippen LogP contribution in [0.3, 0.4) is 0 Å². The number of nitro benzene ring substituents is 1. The predicted molar refractivity (Wildman–Crippen MR) is 65.6 cm³/mol. The van der Waals surface area contributed by atoms with E-state index < -0.39 is 23.0 Å². The Balaban J connectivity index is 2.60. The van der Waals surface area contributed by atoms with Gasteiger partial charge in [-0.15, -0.1) is 0 Å². The topological polar surface area (TPSA) is 122 Å². The number of hydrogen-bond acceptors (Lipinski definition) is 4. The maximum atomic E-state index is 11.4. The van der Waals surface area contributed by atoms with E-state index in [9.17, 15) is 19.7 Å². The highest BCUT2D eigenvalue weighted by molar-refractivity contribution is 5.82. The molecule has 19 heavy (non-hydrogen) atoms. The van der Waals surface area contributed by atoms with E-state index in [0.717, 1.165) is 0 Å². The van der Waals surface area contributed by atoms with Gasteiger partial charge in [0.2, 0.25) is 0 Å². The predicted octanol–water partition coefficient (Wildman–Crippen LogP) is 0.867. The first-order valence-corrected chi connectivity index (χ1v) is 5.41. The molecule has 8 heteroatoms. The minimum absolute atomic E-state index is 0.0602. The van der Waals surface area contributed by atoms with Crippen LogP contribution in [-0.2, 0) is 11.3 Å². The van der Waals surface area contributed by atoms with Gasteiger partial charge in [0.15, 0.2) is 0 Å². The lowest BCUT2D eigenvalue weighted by atomic mass is 10.2. The monoisotopic (exact) mass is 267 g/mol. The number of hydrogen-bond donors (Lipinski definition) is 3. The van der Waals surface area contributed by atoms with Crippen molar-refractivity contribution in [1.29, 1.82) is 0 Å². The summed E-state index contributed by atoms with van der Waals surface area (Å²) in [6.45, 7) is 1.25. The minimum atomic E-state index is -1.17. The maximum absolute atomic E-state index is 11.4. The smallest absolute Gasteiger partial charge is 0.325 e. The Morgan fingerprint density at radius 3 is 2.63 bits per heavy atom. The van der Waals surface area contributed by atoms with Crippen LogP contribution in [0, 0.1) is 10.1 Å². The SMILES string of the molecule is C[C@H](NC(=O)NCc1ccccc1[N+](=O)[O-])C(=O)O. The van der Waals surface area contributed by atoms with Crippen LogP contribution in [0.15, 0.2) is 24.3 Å². The standard InChI is InChI=1S/C11H13N3O5/c1-7(10(15)16)13-11(17)12-6-8-4-2-3-5-9(8)14(18)19/h2-5,7H,6H2,1H3,(H,15,16)(H2,12,13,17)/t7-/m0/s1. The third-order valence-electron chi connectivity index (χ3n) is 2.35. The third-order valence-corrected chi connectivity index (χ3v) is 2.35. The fourth-order valence-electron chi connectivity index (χ4n) is 1.32. The van der Waals surface area contributed by atoms with Crippen molar-refractivity contribution in [3.05, 3.63) is 39.9 Å². The zero-order chi connectivity index (χ0) is 14.4. The highest BCUT2D eigenvalue weighted by Gasteiger charge is 2.15. The van der Waals surface area contributed by atoms with E-state index in [1.807, 2.05) is 0 Å². The molecule has 0 unspecified atom stereocenters. The van der Waals surface area contributed by atoms with E-state index in [1.54, 1.807) is 6.07 Å². The number of rotatable bonds is 5. The van der Waals surface area contributed by atoms with Gasteiger partial charge in [-0.3, -0.25) is 14.9 Å². The average molecular weight is 267 g/mol. The molecule has 0 heterocycles. The molecule has 0 bridgehead atoms. The maximum Gasteiger partial charge on any atom is 0.325 e. The van der Waals surface area contributed by atoms with Gasteiger partial charge in [0.05, 0.1) is 11.5 Å². The van der Waals surface area contributed by atoms with E-state index in [4.69, 9.17) is 5.11 Å². The number of nitrogens with zero attached hydrogens (tertiary/aromatic N) is 1. The van der Waals surface area contributed by atoms with Crippen molar-refractivity contribution in [3.63, 3.8) is 0 Å². The quantitative estimate of drug-likeness (QED) is 0.539. The third kappa shape index (κ3) is 4.26. The van der Waals surface area contributed by atoms with E-state index in [-0.39, 0.29) is 12.2 Å². The minimum Gasteiger partial charge on any atom is -0.480 e. The molecule has 1 aromatic carbocycles. The molecule has 0 spiro atoms. The van der Waals surface area contributed by atoms with Gasteiger partial charge in [-0.1, -0.05) is 18.2 Å². The van der Waals surface area contributed by atoms with Crippen molar-refractivity contribution in [3.8, 4) is 0 Å². The van der Waals surface area contributed by atoms with Gasteiger partial charge in [-0.2, -0.15) is 0 Å². The molecule has 0 saturated heterocycles. The van der Waals surface area contributed by atoms with Crippen LogP contribution < -0.4 is 10.6 Å². The van der Waals surface area contributed by atoms with Crippen molar-refractivity contribution in [1.82, 2.24) is 10.6 Å². The highest BCUT2D eigenvalue weighted by Crippen LogP contribution is 2.16. The summed E-state index contributed by atoms with van der Waals surface area (Å²) >= 11 is 0. The summed E-state index contributed by atoms with van der Waals surface area (Å²) in [7, 11) is 0. The van der Waals surface area contributed by atoms with Gasteiger partial charge >= 0.3 is 12.0 Å².